The van der Waals surface area contributed by atoms with Crippen LogP contribution in [0, 0.1) is 5.92 Å². The fourth-order valence-electron chi connectivity index (χ4n) is 4.24. The molecule has 1 atom stereocenters. The van der Waals surface area contributed by atoms with Crippen LogP contribution in [-0.2, 0) is 15.1 Å². The van der Waals surface area contributed by atoms with Gasteiger partial charge in [0.1, 0.15) is 0 Å². The second kappa shape index (κ2) is 7.39. The highest BCUT2D eigenvalue weighted by atomic mass is 16.2. The number of benzene rings is 1. The van der Waals surface area contributed by atoms with Crippen LogP contribution < -0.4 is 10.6 Å². The van der Waals surface area contributed by atoms with Crippen molar-refractivity contribution in [1.82, 2.24) is 15.5 Å². The smallest absolute Gasteiger partial charge is 0.234 e. The van der Waals surface area contributed by atoms with E-state index in [-0.39, 0.29) is 23.3 Å². The van der Waals surface area contributed by atoms with Gasteiger partial charge in [-0.25, -0.2) is 0 Å². The molecule has 26 heavy (non-hydrogen) atoms. The minimum Gasteiger partial charge on any atom is -0.353 e. The van der Waals surface area contributed by atoms with E-state index in [1.807, 2.05) is 18.2 Å². The first kappa shape index (κ1) is 17.5. The Bertz CT molecular complexity index is 652. The maximum absolute atomic E-state index is 12.7. The monoisotopic (exact) mass is 355 g/mol. The number of hydrogen-bond donors (Lipinski definition) is 2. The molecule has 1 aromatic carbocycles. The van der Waals surface area contributed by atoms with Gasteiger partial charge in [-0.15, -0.1) is 0 Å². The minimum absolute atomic E-state index is 0.0314. The van der Waals surface area contributed by atoms with Gasteiger partial charge in [-0.3, -0.25) is 14.5 Å². The average molecular weight is 355 g/mol. The van der Waals surface area contributed by atoms with Gasteiger partial charge < -0.3 is 10.6 Å². The summed E-state index contributed by atoms with van der Waals surface area (Å²) in [6, 6.07) is 10.7. The number of likely N-dealkylation sites (tertiary alicyclic amines) is 1. The predicted octanol–water partition coefficient (Wildman–Crippen LogP) is 2.17. The van der Waals surface area contributed by atoms with Gasteiger partial charge >= 0.3 is 0 Å². The number of nitrogens with one attached hydrogen (secondary N) is 2. The van der Waals surface area contributed by atoms with Crippen molar-refractivity contribution in [3.8, 4) is 0 Å². The first-order chi connectivity index (χ1) is 12.6. The molecule has 2 N–H and O–H groups in total. The Morgan fingerprint density at radius 2 is 1.85 bits per heavy atom. The van der Waals surface area contributed by atoms with Crippen LogP contribution in [0.25, 0.3) is 0 Å². The number of carbonyl (C=O) groups excluding carboxylic acids is 2. The summed E-state index contributed by atoms with van der Waals surface area (Å²) in [5.74, 6) is 0.290. The zero-order valence-electron chi connectivity index (χ0n) is 15.4. The number of carbonyl (C=O) groups is 2. The molecule has 2 aliphatic carbocycles. The van der Waals surface area contributed by atoms with Gasteiger partial charge in [0.25, 0.3) is 0 Å². The fourth-order valence-corrected chi connectivity index (χ4v) is 4.24. The van der Waals surface area contributed by atoms with Crippen molar-refractivity contribution in [2.45, 2.75) is 56.5 Å². The summed E-state index contributed by atoms with van der Waals surface area (Å²) in [6.45, 7) is 1.99. The van der Waals surface area contributed by atoms with E-state index in [0.717, 1.165) is 51.5 Å². The Balaban J connectivity index is 1.32. The zero-order valence-corrected chi connectivity index (χ0v) is 15.4. The van der Waals surface area contributed by atoms with Gasteiger partial charge in [0, 0.05) is 12.6 Å². The fraction of sp³-hybridized carbons (Fsp3) is 0.619. The maximum atomic E-state index is 12.7. The molecule has 0 radical (unpaired) electrons. The number of amides is 2. The van der Waals surface area contributed by atoms with E-state index >= 15 is 0 Å². The van der Waals surface area contributed by atoms with Crippen LogP contribution in [0.3, 0.4) is 0 Å². The molecule has 1 heterocycles. The van der Waals surface area contributed by atoms with Gasteiger partial charge in [-0.05, 0) is 57.1 Å². The predicted molar refractivity (Wildman–Crippen MR) is 100 cm³/mol. The lowest BCUT2D eigenvalue weighted by molar-refractivity contribution is -0.130. The second-order valence-corrected chi connectivity index (χ2v) is 8.21. The molecule has 0 aromatic heterocycles. The quantitative estimate of drug-likeness (QED) is 0.822. The van der Waals surface area contributed by atoms with Gasteiger partial charge in [0.05, 0.1) is 18.0 Å². The van der Waals surface area contributed by atoms with Gasteiger partial charge in [-0.1, -0.05) is 30.3 Å². The van der Waals surface area contributed by atoms with Crippen LogP contribution in [0.4, 0.5) is 0 Å². The van der Waals surface area contributed by atoms with Gasteiger partial charge in [0.2, 0.25) is 11.8 Å². The molecule has 140 valence electrons. The highest BCUT2D eigenvalue weighted by molar-refractivity contribution is 5.81. The van der Waals surface area contributed by atoms with E-state index < -0.39 is 0 Å². The molecule has 1 saturated heterocycles. The van der Waals surface area contributed by atoms with Crippen LogP contribution >= 0.6 is 0 Å². The number of hydrogen-bond acceptors (Lipinski definition) is 3. The third kappa shape index (κ3) is 3.93. The van der Waals surface area contributed by atoms with Crippen molar-refractivity contribution in [3.05, 3.63) is 35.9 Å². The normalized spacial score (nSPS) is 25.2. The lowest BCUT2D eigenvalue weighted by atomic mass is 9.72. The maximum Gasteiger partial charge on any atom is 0.234 e. The van der Waals surface area contributed by atoms with Crippen molar-refractivity contribution in [3.63, 3.8) is 0 Å². The Morgan fingerprint density at radius 1 is 1.08 bits per heavy atom. The molecule has 0 bridgehead atoms. The Kier molecular flexibility index (Phi) is 4.98. The topological polar surface area (TPSA) is 61.4 Å². The third-order valence-electron chi connectivity index (χ3n) is 6.08. The summed E-state index contributed by atoms with van der Waals surface area (Å²) in [5.41, 5.74) is 1.02. The number of rotatable bonds is 6. The van der Waals surface area contributed by atoms with E-state index in [1.165, 1.54) is 5.56 Å². The van der Waals surface area contributed by atoms with Crippen molar-refractivity contribution in [2.24, 2.45) is 5.92 Å². The summed E-state index contributed by atoms with van der Waals surface area (Å²) in [4.78, 5) is 27.2. The van der Waals surface area contributed by atoms with Gasteiger partial charge in [0.15, 0.2) is 0 Å². The molecule has 0 unspecified atom stereocenters. The first-order valence-corrected chi connectivity index (χ1v) is 10.0. The summed E-state index contributed by atoms with van der Waals surface area (Å²) in [6.07, 6.45) is 7.33. The van der Waals surface area contributed by atoms with Crippen LogP contribution in [-0.4, -0.2) is 42.4 Å². The second-order valence-electron chi connectivity index (χ2n) is 8.21. The van der Waals surface area contributed by atoms with E-state index in [2.05, 4.69) is 27.7 Å². The van der Waals surface area contributed by atoms with Crippen molar-refractivity contribution in [2.75, 3.05) is 19.6 Å². The summed E-state index contributed by atoms with van der Waals surface area (Å²) in [5, 5.41) is 6.41. The van der Waals surface area contributed by atoms with E-state index in [0.29, 0.717) is 19.1 Å². The molecule has 2 amide bonds. The molecule has 2 saturated carbocycles. The Labute approximate surface area is 155 Å². The Hall–Kier alpha value is -1.88. The van der Waals surface area contributed by atoms with E-state index in [4.69, 9.17) is 0 Å². The molecule has 3 aliphatic rings. The summed E-state index contributed by atoms with van der Waals surface area (Å²) < 4.78 is 0. The Morgan fingerprint density at radius 3 is 2.50 bits per heavy atom. The van der Waals surface area contributed by atoms with Crippen LogP contribution in [0.5, 0.6) is 0 Å². The largest absolute Gasteiger partial charge is 0.353 e. The molecule has 4 rings (SSSR count). The van der Waals surface area contributed by atoms with Gasteiger partial charge in [-0.2, -0.15) is 0 Å². The van der Waals surface area contributed by atoms with Crippen LogP contribution in [0.1, 0.15) is 50.5 Å². The third-order valence-corrected chi connectivity index (χ3v) is 6.08. The SMILES string of the molecule is O=C(CN1CCC[C@@H](C(=O)NC2CC2)C1)NC1(c2ccccc2)CCC1. The molecule has 5 nitrogen and oxygen atoms in total. The van der Waals surface area contributed by atoms with Crippen molar-refractivity contribution < 1.29 is 9.59 Å². The zero-order chi connectivity index (χ0) is 18.0. The van der Waals surface area contributed by atoms with Crippen molar-refractivity contribution in [1.29, 1.82) is 0 Å². The summed E-state index contributed by atoms with van der Waals surface area (Å²) >= 11 is 0. The highest BCUT2D eigenvalue weighted by Gasteiger charge is 2.40. The molecule has 3 fully saturated rings. The summed E-state index contributed by atoms with van der Waals surface area (Å²) in [7, 11) is 0. The lowest BCUT2D eigenvalue weighted by Crippen LogP contribution is -2.54. The van der Waals surface area contributed by atoms with Crippen LogP contribution in [0.15, 0.2) is 30.3 Å². The highest BCUT2D eigenvalue weighted by Crippen LogP contribution is 2.41. The minimum atomic E-state index is -0.184. The standard InChI is InChI=1S/C21H29N3O2/c25-19(23-21(11-5-12-21)17-7-2-1-3-8-17)15-24-13-4-6-16(14-24)20(26)22-18-9-10-18/h1-3,7-8,16,18H,4-6,9-15H2,(H,22,26)(H,23,25)/t16-/m1/s1. The van der Waals surface area contributed by atoms with E-state index in [1.54, 1.807) is 0 Å². The first-order valence-electron chi connectivity index (χ1n) is 10.0. The number of piperidine rings is 1. The average Bonchev–Trinajstić information content (AvgIpc) is 3.43. The molecule has 5 heteroatoms. The lowest BCUT2D eigenvalue weighted by Gasteiger charge is -2.43. The van der Waals surface area contributed by atoms with E-state index in [9.17, 15) is 9.59 Å². The molecule has 1 aromatic rings. The molecule has 0 spiro atoms. The molecule has 1 aliphatic heterocycles. The number of nitrogens with zero attached hydrogens (tertiary/aromatic N) is 1. The molecular formula is C21H29N3O2. The van der Waals surface area contributed by atoms with Crippen molar-refractivity contribution >= 4 is 11.8 Å². The molecular weight excluding hydrogens is 326 g/mol. The van der Waals surface area contributed by atoms with Crippen LogP contribution in [0.2, 0.25) is 0 Å².